The number of ketones is 1. The fraction of sp³-hybridized carbons (Fsp3) is 0.522. The number of hydrogen-bond donors (Lipinski definition) is 0. The number of nitrogens with zero attached hydrogens (tertiary/aromatic N) is 5. The summed E-state index contributed by atoms with van der Waals surface area (Å²) in [7, 11) is 0. The van der Waals surface area contributed by atoms with Crippen molar-refractivity contribution < 1.29 is 4.79 Å². The lowest BCUT2D eigenvalue weighted by Crippen LogP contribution is -2.24. The number of imidazole rings is 1. The first-order chi connectivity index (χ1) is 13.7. The molecule has 0 aliphatic rings. The zero-order valence-corrected chi connectivity index (χ0v) is 18.4. The second-order valence-electron chi connectivity index (χ2n) is 8.59. The zero-order chi connectivity index (χ0) is 21.2. The van der Waals surface area contributed by atoms with Crippen molar-refractivity contribution in [3.8, 4) is 0 Å². The second kappa shape index (κ2) is 8.39. The van der Waals surface area contributed by atoms with Crippen LogP contribution in [0.15, 0.2) is 24.5 Å². The van der Waals surface area contributed by atoms with E-state index < -0.39 is 0 Å². The quantitative estimate of drug-likeness (QED) is 0.557. The van der Waals surface area contributed by atoms with Crippen LogP contribution in [0.3, 0.4) is 0 Å². The van der Waals surface area contributed by atoms with Gasteiger partial charge in [0.15, 0.2) is 0 Å². The van der Waals surface area contributed by atoms with Gasteiger partial charge >= 0.3 is 0 Å². The number of carbonyl (C=O) groups excluding carboxylic acids is 1. The van der Waals surface area contributed by atoms with Crippen molar-refractivity contribution >= 4 is 16.8 Å². The molecule has 0 aliphatic carbocycles. The van der Waals surface area contributed by atoms with E-state index in [9.17, 15) is 4.79 Å². The molecule has 0 atom stereocenters. The van der Waals surface area contributed by atoms with E-state index in [1.807, 2.05) is 40.0 Å². The highest BCUT2D eigenvalue weighted by molar-refractivity contribution is 5.83. The standard InChI is InChI=1S/C23H31N5O/c1-7-21(29)23(5,6)10-8-22-24-11-9-17(27-22)12-18-13-20-19(14-25-18)26-16(4)28(20)15(2)3/h9,11,13-15H,7-8,10,12H2,1-6H3. The lowest BCUT2D eigenvalue weighted by molar-refractivity contribution is -0.127. The van der Waals surface area contributed by atoms with Crippen molar-refractivity contribution in [3.63, 3.8) is 0 Å². The minimum absolute atomic E-state index is 0.281. The molecule has 3 aromatic rings. The first-order valence-electron chi connectivity index (χ1n) is 10.4. The van der Waals surface area contributed by atoms with Gasteiger partial charge in [0, 0.05) is 42.6 Å². The highest BCUT2D eigenvalue weighted by atomic mass is 16.1. The van der Waals surface area contributed by atoms with Crippen LogP contribution in [0.5, 0.6) is 0 Å². The Morgan fingerprint density at radius 1 is 1.17 bits per heavy atom. The van der Waals surface area contributed by atoms with Crippen molar-refractivity contribution in [1.82, 2.24) is 24.5 Å². The molecular formula is C23H31N5O. The van der Waals surface area contributed by atoms with Crippen LogP contribution < -0.4 is 0 Å². The van der Waals surface area contributed by atoms with E-state index in [0.717, 1.165) is 40.5 Å². The number of carbonyl (C=O) groups is 1. The molecule has 3 rings (SSSR count). The molecule has 0 N–H and O–H groups in total. The van der Waals surface area contributed by atoms with Gasteiger partial charge < -0.3 is 4.57 Å². The molecule has 0 aromatic carbocycles. The van der Waals surface area contributed by atoms with Crippen molar-refractivity contribution in [2.75, 3.05) is 0 Å². The predicted octanol–water partition coefficient (Wildman–Crippen LogP) is 4.64. The summed E-state index contributed by atoms with van der Waals surface area (Å²) in [5.74, 6) is 2.06. The molecule has 3 aromatic heterocycles. The number of rotatable bonds is 8. The largest absolute Gasteiger partial charge is 0.326 e. The Morgan fingerprint density at radius 2 is 1.93 bits per heavy atom. The number of Topliss-reactive ketones (excluding diaryl/α,β-unsaturated/α-hetero) is 1. The van der Waals surface area contributed by atoms with Crippen LogP contribution in [0.1, 0.15) is 76.5 Å². The smallest absolute Gasteiger partial charge is 0.138 e. The summed E-state index contributed by atoms with van der Waals surface area (Å²) in [6.07, 6.45) is 6.29. The highest BCUT2D eigenvalue weighted by Crippen LogP contribution is 2.25. The van der Waals surface area contributed by atoms with Crippen LogP contribution in [0, 0.1) is 12.3 Å². The maximum Gasteiger partial charge on any atom is 0.138 e. The summed E-state index contributed by atoms with van der Waals surface area (Å²) in [5.41, 5.74) is 3.59. The number of hydrogen-bond acceptors (Lipinski definition) is 5. The van der Waals surface area contributed by atoms with Crippen LogP contribution >= 0.6 is 0 Å². The molecule has 29 heavy (non-hydrogen) atoms. The fourth-order valence-electron chi connectivity index (χ4n) is 3.80. The first-order valence-corrected chi connectivity index (χ1v) is 10.4. The molecule has 0 unspecified atom stereocenters. The Labute approximate surface area is 172 Å². The topological polar surface area (TPSA) is 73.6 Å². The molecule has 154 valence electrons. The molecule has 0 saturated carbocycles. The van der Waals surface area contributed by atoms with Gasteiger partial charge in [-0.05, 0) is 39.3 Å². The van der Waals surface area contributed by atoms with Gasteiger partial charge in [-0.2, -0.15) is 0 Å². The summed E-state index contributed by atoms with van der Waals surface area (Å²) in [4.78, 5) is 30.4. The zero-order valence-electron chi connectivity index (χ0n) is 18.4. The summed E-state index contributed by atoms with van der Waals surface area (Å²) < 4.78 is 2.23. The van der Waals surface area contributed by atoms with Gasteiger partial charge in [-0.3, -0.25) is 9.78 Å². The van der Waals surface area contributed by atoms with Crippen LogP contribution in [-0.4, -0.2) is 30.3 Å². The van der Waals surface area contributed by atoms with Gasteiger partial charge in [0.25, 0.3) is 0 Å². The van der Waals surface area contributed by atoms with Crippen LogP contribution in [0.4, 0.5) is 0 Å². The maximum absolute atomic E-state index is 12.1. The molecule has 0 spiro atoms. The van der Waals surface area contributed by atoms with Crippen molar-refractivity contribution in [2.45, 2.75) is 73.3 Å². The predicted molar refractivity (Wildman–Crippen MR) is 115 cm³/mol. The van der Waals surface area contributed by atoms with Crippen molar-refractivity contribution in [3.05, 3.63) is 47.6 Å². The van der Waals surface area contributed by atoms with Crippen molar-refractivity contribution in [2.24, 2.45) is 5.41 Å². The molecular weight excluding hydrogens is 362 g/mol. The molecule has 3 heterocycles. The van der Waals surface area contributed by atoms with Crippen LogP contribution in [-0.2, 0) is 17.6 Å². The van der Waals surface area contributed by atoms with Gasteiger partial charge in [0.1, 0.15) is 22.9 Å². The maximum atomic E-state index is 12.1. The summed E-state index contributed by atoms with van der Waals surface area (Å²) in [5, 5.41) is 0. The van der Waals surface area contributed by atoms with Gasteiger partial charge in [0.2, 0.25) is 0 Å². The summed E-state index contributed by atoms with van der Waals surface area (Å²) >= 11 is 0. The third-order valence-corrected chi connectivity index (χ3v) is 5.50. The number of fused-ring (bicyclic) bond motifs is 1. The normalized spacial score (nSPS) is 12.1. The third-order valence-electron chi connectivity index (χ3n) is 5.50. The number of aromatic nitrogens is 5. The molecule has 0 radical (unpaired) electrons. The molecule has 0 amide bonds. The lowest BCUT2D eigenvalue weighted by Gasteiger charge is -2.21. The van der Waals surface area contributed by atoms with Gasteiger partial charge in [-0.1, -0.05) is 20.8 Å². The fourth-order valence-corrected chi connectivity index (χ4v) is 3.80. The molecule has 0 bridgehead atoms. The van der Waals surface area contributed by atoms with E-state index in [0.29, 0.717) is 25.3 Å². The molecule has 6 nitrogen and oxygen atoms in total. The van der Waals surface area contributed by atoms with Crippen LogP contribution in [0.25, 0.3) is 11.0 Å². The number of pyridine rings is 1. The first kappa shape index (κ1) is 21.1. The minimum atomic E-state index is -0.339. The van der Waals surface area contributed by atoms with E-state index in [1.165, 1.54) is 0 Å². The second-order valence-corrected chi connectivity index (χ2v) is 8.59. The third kappa shape index (κ3) is 4.69. The summed E-state index contributed by atoms with van der Waals surface area (Å²) in [6, 6.07) is 4.39. The molecule has 0 aliphatic heterocycles. The molecule has 0 fully saturated rings. The Balaban J connectivity index is 1.78. The highest BCUT2D eigenvalue weighted by Gasteiger charge is 2.25. The van der Waals surface area contributed by atoms with E-state index in [4.69, 9.17) is 4.98 Å². The molecule has 0 saturated heterocycles. The monoisotopic (exact) mass is 393 g/mol. The Hall–Kier alpha value is -2.63. The number of aryl methyl sites for hydroxylation is 2. The Bertz CT molecular complexity index is 1020. The Morgan fingerprint density at radius 3 is 2.62 bits per heavy atom. The molecule has 6 heteroatoms. The lowest BCUT2D eigenvalue weighted by atomic mass is 9.82. The van der Waals surface area contributed by atoms with E-state index in [1.54, 1.807) is 6.20 Å². The van der Waals surface area contributed by atoms with E-state index in [-0.39, 0.29) is 11.2 Å². The average molecular weight is 394 g/mol. The summed E-state index contributed by atoms with van der Waals surface area (Å²) in [6.45, 7) is 12.3. The van der Waals surface area contributed by atoms with E-state index >= 15 is 0 Å². The van der Waals surface area contributed by atoms with Crippen LogP contribution in [0.2, 0.25) is 0 Å². The van der Waals surface area contributed by atoms with Gasteiger partial charge in [-0.25, -0.2) is 15.0 Å². The minimum Gasteiger partial charge on any atom is -0.326 e. The SMILES string of the molecule is CCC(=O)C(C)(C)CCc1nccc(Cc2cc3c(cn2)nc(C)n3C(C)C)n1. The average Bonchev–Trinajstić information content (AvgIpc) is 3.01. The Kier molecular flexibility index (Phi) is 6.10. The van der Waals surface area contributed by atoms with Crippen molar-refractivity contribution in [1.29, 1.82) is 0 Å². The van der Waals surface area contributed by atoms with Gasteiger partial charge in [0.05, 0.1) is 17.4 Å². The van der Waals surface area contributed by atoms with E-state index in [2.05, 4.69) is 39.4 Å². The van der Waals surface area contributed by atoms with Gasteiger partial charge in [-0.15, -0.1) is 0 Å².